The molecular formula is C30H30N2O7S. The van der Waals surface area contributed by atoms with Crippen molar-refractivity contribution in [2.24, 2.45) is 0 Å². The Morgan fingerprint density at radius 2 is 1.57 bits per heavy atom. The molecule has 2 heterocycles. The monoisotopic (exact) mass is 562 g/mol. The van der Waals surface area contributed by atoms with E-state index in [9.17, 15) is 18.0 Å². The molecule has 0 bridgehead atoms. The molecule has 10 heteroatoms. The molecule has 2 aliphatic rings. The van der Waals surface area contributed by atoms with E-state index in [0.29, 0.717) is 45.5 Å². The molecule has 1 fully saturated rings. The number of hydrogen-bond donors (Lipinski definition) is 0. The second-order valence-electron chi connectivity index (χ2n) is 10.2. The van der Waals surface area contributed by atoms with Gasteiger partial charge in [-0.2, -0.15) is 0 Å². The van der Waals surface area contributed by atoms with Crippen molar-refractivity contribution < 1.29 is 32.2 Å². The van der Waals surface area contributed by atoms with E-state index in [1.54, 1.807) is 36.4 Å². The first-order valence-electron chi connectivity index (χ1n) is 13.3. The molecule has 208 valence electrons. The van der Waals surface area contributed by atoms with Crippen LogP contribution in [0.2, 0.25) is 0 Å². The van der Waals surface area contributed by atoms with Gasteiger partial charge in [0, 0.05) is 23.4 Å². The molecule has 1 saturated carbocycles. The van der Waals surface area contributed by atoms with Gasteiger partial charge in [-0.3, -0.25) is 4.79 Å². The van der Waals surface area contributed by atoms with Crippen LogP contribution in [0.3, 0.4) is 0 Å². The van der Waals surface area contributed by atoms with Crippen LogP contribution in [0.4, 0.5) is 0 Å². The Hall–Kier alpha value is -4.05. The molecule has 0 saturated heterocycles. The summed E-state index contributed by atoms with van der Waals surface area (Å²) in [6.45, 7) is 0.362. The Balaban J connectivity index is 1.70. The average Bonchev–Trinajstić information content (AvgIpc) is 3.51. The van der Waals surface area contributed by atoms with E-state index >= 15 is 0 Å². The number of methoxy groups -OCH3 is 3. The SMILES string of the molecule is COC(=O)c1cc2c(c3c4cc(OC)ccc4n(S(=O)(=O)c4ccc(OC)cc4)c13)C(=O)N(C1CCCCC1)C2. The van der Waals surface area contributed by atoms with Gasteiger partial charge in [0.25, 0.3) is 15.9 Å². The summed E-state index contributed by atoms with van der Waals surface area (Å²) >= 11 is 0. The van der Waals surface area contributed by atoms with Gasteiger partial charge in [0.1, 0.15) is 11.5 Å². The zero-order valence-electron chi connectivity index (χ0n) is 22.6. The summed E-state index contributed by atoms with van der Waals surface area (Å²) in [6, 6.07) is 12.8. The van der Waals surface area contributed by atoms with Crippen molar-refractivity contribution >= 4 is 43.7 Å². The van der Waals surface area contributed by atoms with Crippen molar-refractivity contribution in [3.05, 3.63) is 65.2 Å². The highest BCUT2D eigenvalue weighted by Crippen LogP contribution is 2.43. The normalized spacial score (nSPS) is 16.0. The van der Waals surface area contributed by atoms with Gasteiger partial charge >= 0.3 is 5.97 Å². The summed E-state index contributed by atoms with van der Waals surface area (Å²) in [7, 11) is 0.0431. The number of benzene rings is 3. The van der Waals surface area contributed by atoms with Crippen LogP contribution in [0.25, 0.3) is 21.8 Å². The van der Waals surface area contributed by atoms with Gasteiger partial charge in [-0.1, -0.05) is 19.3 Å². The third-order valence-electron chi connectivity index (χ3n) is 8.11. The van der Waals surface area contributed by atoms with Gasteiger partial charge in [-0.25, -0.2) is 17.2 Å². The quantitative estimate of drug-likeness (QED) is 0.300. The van der Waals surface area contributed by atoms with Crippen LogP contribution < -0.4 is 9.47 Å². The number of amides is 1. The van der Waals surface area contributed by atoms with Crippen molar-refractivity contribution in [3.63, 3.8) is 0 Å². The summed E-state index contributed by atoms with van der Waals surface area (Å²) < 4.78 is 45.5. The molecule has 3 aromatic carbocycles. The van der Waals surface area contributed by atoms with Crippen molar-refractivity contribution in [3.8, 4) is 11.5 Å². The maximum Gasteiger partial charge on any atom is 0.340 e. The molecule has 1 aliphatic carbocycles. The number of carbonyl (C=O) groups is 2. The molecule has 0 spiro atoms. The van der Waals surface area contributed by atoms with Crippen LogP contribution in [0.15, 0.2) is 53.4 Å². The summed E-state index contributed by atoms with van der Waals surface area (Å²) in [5, 5.41) is 0.916. The van der Waals surface area contributed by atoms with Crippen molar-refractivity contribution in [1.82, 2.24) is 8.87 Å². The minimum Gasteiger partial charge on any atom is -0.497 e. The average molecular weight is 563 g/mol. The lowest BCUT2D eigenvalue weighted by Crippen LogP contribution is -2.36. The van der Waals surface area contributed by atoms with Crippen LogP contribution >= 0.6 is 0 Å². The molecule has 1 amide bonds. The third-order valence-corrected chi connectivity index (χ3v) is 9.84. The fourth-order valence-electron chi connectivity index (χ4n) is 6.17. The molecule has 0 atom stereocenters. The smallest absolute Gasteiger partial charge is 0.340 e. The number of aromatic nitrogens is 1. The fourth-order valence-corrected chi connectivity index (χ4v) is 7.70. The van der Waals surface area contributed by atoms with Crippen molar-refractivity contribution in [1.29, 1.82) is 0 Å². The van der Waals surface area contributed by atoms with E-state index in [2.05, 4.69) is 0 Å². The van der Waals surface area contributed by atoms with E-state index < -0.39 is 16.0 Å². The minimum absolute atomic E-state index is 0.00870. The zero-order chi connectivity index (χ0) is 28.2. The molecule has 1 aliphatic heterocycles. The topological polar surface area (TPSA) is 104 Å². The maximum absolute atomic E-state index is 14.3. The number of carbonyl (C=O) groups excluding carboxylic acids is 2. The number of esters is 1. The Morgan fingerprint density at radius 3 is 2.23 bits per heavy atom. The van der Waals surface area contributed by atoms with Gasteiger partial charge < -0.3 is 19.1 Å². The summed E-state index contributed by atoms with van der Waals surface area (Å²) in [5.41, 5.74) is 1.64. The van der Waals surface area contributed by atoms with Crippen LogP contribution in [-0.2, 0) is 21.3 Å². The predicted octanol–water partition coefficient (Wildman–Crippen LogP) is 5.12. The van der Waals surface area contributed by atoms with Gasteiger partial charge in [-0.15, -0.1) is 0 Å². The Morgan fingerprint density at radius 1 is 0.900 bits per heavy atom. The molecular weight excluding hydrogens is 532 g/mol. The molecule has 0 unspecified atom stereocenters. The minimum atomic E-state index is -4.24. The standard InChI is InChI=1S/C30H30N2O7S/c1-37-20-9-12-22(13-10-20)40(35,36)32-25-14-11-21(38-2)16-23(25)27-26-18(15-24(28(27)32)30(34)39-3)17-31(29(26)33)19-7-5-4-6-8-19/h9-16,19H,4-8,17H2,1-3H3. The van der Waals surface area contributed by atoms with Crippen molar-refractivity contribution in [2.45, 2.75) is 49.6 Å². The van der Waals surface area contributed by atoms with Crippen LogP contribution in [0.5, 0.6) is 11.5 Å². The molecule has 9 nitrogen and oxygen atoms in total. The largest absolute Gasteiger partial charge is 0.497 e. The summed E-state index contributed by atoms with van der Waals surface area (Å²) in [4.78, 5) is 29.2. The number of fused-ring (bicyclic) bond motifs is 5. The molecule has 0 radical (unpaired) electrons. The number of rotatable bonds is 6. The van der Waals surface area contributed by atoms with Gasteiger partial charge in [0.05, 0.1) is 48.4 Å². The van der Waals surface area contributed by atoms with Crippen molar-refractivity contribution in [2.75, 3.05) is 21.3 Å². The van der Waals surface area contributed by atoms with Gasteiger partial charge in [-0.05, 0) is 66.9 Å². The molecule has 4 aromatic rings. The fraction of sp³-hybridized carbons (Fsp3) is 0.333. The Kier molecular flexibility index (Phi) is 6.45. The number of nitrogens with zero attached hydrogens (tertiary/aromatic N) is 2. The van der Waals surface area contributed by atoms with Gasteiger partial charge in [0.15, 0.2) is 0 Å². The van der Waals surface area contributed by atoms with E-state index in [-0.39, 0.29) is 27.9 Å². The lowest BCUT2D eigenvalue weighted by Gasteiger charge is -2.30. The maximum atomic E-state index is 14.3. The second kappa shape index (κ2) is 9.85. The highest BCUT2D eigenvalue weighted by Gasteiger charge is 2.39. The highest BCUT2D eigenvalue weighted by molar-refractivity contribution is 7.90. The zero-order valence-corrected chi connectivity index (χ0v) is 23.4. The Labute approximate surface area is 232 Å². The van der Waals surface area contributed by atoms with Crippen LogP contribution in [0, 0.1) is 0 Å². The van der Waals surface area contributed by atoms with E-state index in [0.717, 1.165) is 36.1 Å². The second-order valence-corrected chi connectivity index (χ2v) is 12.0. The molecule has 40 heavy (non-hydrogen) atoms. The molecule has 6 rings (SSSR count). The Bertz CT molecular complexity index is 1770. The van der Waals surface area contributed by atoms with Crippen LogP contribution in [-0.4, -0.2) is 56.5 Å². The molecule has 1 aromatic heterocycles. The first kappa shape index (κ1) is 26.2. The summed E-state index contributed by atoms with van der Waals surface area (Å²) in [5.74, 6) is 0.178. The van der Waals surface area contributed by atoms with E-state index in [1.165, 1.54) is 33.5 Å². The predicted molar refractivity (Wildman–Crippen MR) is 150 cm³/mol. The van der Waals surface area contributed by atoms with Gasteiger partial charge in [0.2, 0.25) is 0 Å². The number of ether oxygens (including phenoxy) is 3. The lowest BCUT2D eigenvalue weighted by atomic mass is 9.94. The van der Waals surface area contributed by atoms with Crippen LogP contribution in [0.1, 0.15) is 58.4 Å². The number of hydrogen-bond acceptors (Lipinski definition) is 7. The van der Waals surface area contributed by atoms with E-state index in [4.69, 9.17) is 14.2 Å². The molecule has 0 N–H and O–H groups in total. The third kappa shape index (κ3) is 3.92. The van der Waals surface area contributed by atoms with E-state index in [1.807, 2.05) is 4.90 Å². The highest BCUT2D eigenvalue weighted by atomic mass is 32.2. The first-order valence-corrected chi connectivity index (χ1v) is 14.7. The summed E-state index contributed by atoms with van der Waals surface area (Å²) in [6.07, 6.45) is 5.12. The lowest BCUT2D eigenvalue weighted by molar-refractivity contribution is 0.0602. The first-order chi connectivity index (χ1) is 19.3.